The fraction of sp³-hybridized carbons (Fsp3) is 0.412. The molecule has 0 aromatic heterocycles. The number of fused-ring (bicyclic) bond motifs is 1. The second-order valence-corrected chi connectivity index (χ2v) is 11.6. The van der Waals surface area contributed by atoms with Gasteiger partial charge in [-0.1, -0.05) is 30.3 Å². The summed E-state index contributed by atoms with van der Waals surface area (Å²) in [6.45, 7) is 1.52. The zero-order valence-electron chi connectivity index (χ0n) is 27.0. The zero-order chi connectivity index (χ0) is 35.5. The molecule has 3 aromatic carbocycles. The van der Waals surface area contributed by atoms with Crippen molar-refractivity contribution >= 4 is 17.6 Å². The average Bonchev–Trinajstić information content (AvgIpc) is 3.08. The molecular formula is C34H39NO14. The van der Waals surface area contributed by atoms with Crippen LogP contribution in [0.25, 0.3) is 0 Å². The Kier molecular flexibility index (Phi) is 10.6. The number of cyclic esters (lactones) is 1. The number of phenols is 2. The highest BCUT2D eigenvalue weighted by Gasteiger charge is 2.56. The molecule has 1 spiro atoms. The summed E-state index contributed by atoms with van der Waals surface area (Å²) in [6, 6.07) is 11.9. The SMILES string of the molecule is CCNc1cc(OC2OC3(CCc4c(OC)c(O)c(OCCc5ccccc5)c(O)c4C(=O)OC3)C(O)C(O)C2O)c(OC)cc1C(=O)O. The van der Waals surface area contributed by atoms with Gasteiger partial charge in [-0.2, -0.15) is 0 Å². The van der Waals surface area contributed by atoms with Crippen LogP contribution in [0, 0.1) is 0 Å². The standard InChI is InChI=1S/C34H39NO14/c1-4-35-20-15-22(21(44-2)14-19(20)31(41)42)48-33-26(38)25(37)30(40)34(49-33)12-10-18-23(32(43)47-16-34)24(36)29(27(39)28(18)45-3)46-13-11-17-8-6-5-7-9-17/h5-9,14-15,25-26,30,33,35-40H,4,10-13,16H2,1-3H3,(H,41,42). The topological polar surface area (TPSA) is 223 Å². The van der Waals surface area contributed by atoms with E-state index in [1.165, 1.54) is 26.4 Å². The van der Waals surface area contributed by atoms with E-state index in [0.29, 0.717) is 13.0 Å². The van der Waals surface area contributed by atoms with Crippen LogP contribution in [0.5, 0.6) is 34.5 Å². The quantitative estimate of drug-likeness (QED) is 0.144. The molecule has 264 valence electrons. The molecule has 0 bridgehead atoms. The molecule has 7 N–H and O–H groups in total. The number of carbonyl (C=O) groups excluding carboxylic acids is 1. The lowest BCUT2D eigenvalue weighted by molar-refractivity contribution is -0.320. The van der Waals surface area contributed by atoms with Gasteiger partial charge in [0, 0.05) is 30.7 Å². The highest BCUT2D eigenvalue weighted by molar-refractivity contribution is 5.97. The number of aliphatic hydroxyl groups is 3. The van der Waals surface area contributed by atoms with Crippen molar-refractivity contribution in [2.45, 2.75) is 56.4 Å². The lowest BCUT2D eigenvalue weighted by Crippen LogP contribution is -2.67. The Bertz CT molecular complexity index is 1680. The second kappa shape index (κ2) is 14.7. The molecule has 0 aliphatic carbocycles. The Morgan fingerprint density at radius 3 is 2.39 bits per heavy atom. The van der Waals surface area contributed by atoms with Gasteiger partial charge in [-0.3, -0.25) is 0 Å². The van der Waals surface area contributed by atoms with Crippen LogP contribution in [-0.2, 0) is 22.3 Å². The highest BCUT2D eigenvalue weighted by atomic mass is 16.7. The van der Waals surface area contributed by atoms with Crippen molar-refractivity contribution in [1.29, 1.82) is 0 Å². The first-order chi connectivity index (χ1) is 23.5. The number of methoxy groups -OCH3 is 2. The second-order valence-electron chi connectivity index (χ2n) is 11.6. The summed E-state index contributed by atoms with van der Waals surface area (Å²) >= 11 is 0. The number of carbonyl (C=O) groups is 2. The maximum Gasteiger partial charge on any atom is 0.342 e. The van der Waals surface area contributed by atoms with E-state index in [9.17, 15) is 40.2 Å². The molecule has 49 heavy (non-hydrogen) atoms. The van der Waals surface area contributed by atoms with Crippen LogP contribution >= 0.6 is 0 Å². The number of rotatable bonds is 11. The van der Waals surface area contributed by atoms with Crippen LogP contribution < -0.4 is 24.3 Å². The first-order valence-electron chi connectivity index (χ1n) is 15.5. The third kappa shape index (κ3) is 6.83. The van der Waals surface area contributed by atoms with Crippen LogP contribution in [0.15, 0.2) is 42.5 Å². The smallest absolute Gasteiger partial charge is 0.342 e. The fourth-order valence-corrected chi connectivity index (χ4v) is 6.03. The maximum absolute atomic E-state index is 13.5. The van der Waals surface area contributed by atoms with Crippen molar-refractivity contribution in [3.63, 3.8) is 0 Å². The number of esters is 1. The van der Waals surface area contributed by atoms with Crippen molar-refractivity contribution in [3.05, 3.63) is 64.7 Å². The van der Waals surface area contributed by atoms with Crippen molar-refractivity contribution < 1.29 is 68.6 Å². The Morgan fingerprint density at radius 2 is 1.73 bits per heavy atom. The van der Waals surface area contributed by atoms with Crippen LogP contribution in [0.2, 0.25) is 0 Å². The molecular weight excluding hydrogens is 646 g/mol. The minimum absolute atomic E-state index is 0.0204. The summed E-state index contributed by atoms with van der Waals surface area (Å²) in [7, 11) is 2.53. The predicted molar refractivity (Wildman–Crippen MR) is 171 cm³/mol. The van der Waals surface area contributed by atoms with Gasteiger partial charge in [-0.15, -0.1) is 0 Å². The van der Waals surface area contributed by atoms with Gasteiger partial charge in [0.1, 0.15) is 36.1 Å². The first kappa shape index (κ1) is 35.3. The average molecular weight is 686 g/mol. The molecule has 1 saturated heterocycles. The van der Waals surface area contributed by atoms with E-state index in [2.05, 4.69) is 5.32 Å². The number of benzene rings is 3. The summed E-state index contributed by atoms with van der Waals surface area (Å²) in [5.74, 6) is -4.18. The van der Waals surface area contributed by atoms with Gasteiger partial charge in [-0.25, -0.2) is 9.59 Å². The molecule has 5 atom stereocenters. The Labute approximate surface area is 281 Å². The molecule has 3 aromatic rings. The van der Waals surface area contributed by atoms with Crippen molar-refractivity contribution in [2.75, 3.05) is 39.3 Å². The van der Waals surface area contributed by atoms with Gasteiger partial charge in [-0.05, 0) is 25.3 Å². The zero-order valence-corrected chi connectivity index (χ0v) is 27.0. The highest BCUT2D eigenvalue weighted by Crippen LogP contribution is 2.51. The number of hydrogen-bond acceptors (Lipinski definition) is 14. The summed E-state index contributed by atoms with van der Waals surface area (Å²) in [6.07, 6.45) is -7.09. The monoisotopic (exact) mass is 685 g/mol. The maximum atomic E-state index is 13.5. The number of hydrogen-bond donors (Lipinski definition) is 7. The number of carboxylic acid groups (broad SMARTS) is 1. The minimum atomic E-state index is -1.88. The summed E-state index contributed by atoms with van der Waals surface area (Å²) in [5, 5.41) is 67.9. The number of aromatic carboxylic acids is 1. The number of carboxylic acids is 1. The van der Waals surface area contributed by atoms with Crippen molar-refractivity contribution in [1.82, 2.24) is 0 Å². The van der Waals surface area contributed by atoms with E-state index in [-0.39, 0.29) is 64.8 Å². The third-order valence-electron chi connectivity index (χ3n) is 8.58. The summed E-state index contributed by atoms with van der Waals surface area (Å²) in [5.41, 5.74) is -1.17. The first-order valence-corrected chi connectivity index (χ1v) is 15.5. The van der Waals surface area contributed by atoms with Gasteiger partial charge in [0.15, 0.2) is 23.0 Å². The van der Waals surface area contributed by atoms with Crippen molar-refractivity contribution in [3.8, 4) is 34.5 Å². The molecule has 5 rings (SSSR count). The lowest BCUT2D eigenvalue weighted by Gasteiger charge is -2.48. The van der Waals surface area contributed by atoms with Gasteiger partial charge in [0.05, 0.1) is 32.1 Å². The van der Waals surface area contributed by atoms with Gasteiger partial charge < -0.3 is 64.4 Å². The van der Waals surface area contributed by atoms with E-state index < -0.39 is 60.2 Å². The van der Waals surface area contributed by atoms with E-state index in [1.54, 1.807) is 6.92 Å². The van der Waals surface area contributed by atoms with Crippen LogP contribution in [0.3, 0.4) is 0 Å². The van der Waals surface area contributed by atoms with Crippen molar-refractivity contribution in [2.24, 2.45) is 0 Å². The molecule has 0 radical (unpaired) electrons. The van der Waals surface area contributed by atoms with E-state index >= 15 is 0 Å². The number of phenolic OH excluding ortho intramolecular Hbond substituents is 2. The normalized spacial score (nSPS) is 23.4. The number of aliphatic hydroxyl groups excluding tert-OH is 3. The molecule has 15 heteroatoms. The van der Waals surface area contributed by atoms with E-state index in [1.807, 2.05) is 30.3 Å². The van der Waals surface area contributed by atoms with Crippen LogP contribution in [0.4, 0.5) is 5.69 Å². The Balaban J connectivity index is 1.45. The van der Waals surface area contributed by atoms with Crippen LogP contribution in [0.1, 0.15) is 45.2 Å². The molecule has 5 unspecified atom stereocenters. The third-order valence-corrected chi connectivity index (χ3v) is 8.58. The summed E-state index contributed by atoms with van der Waals surface area (Å²) in [4.78, 5) is 25.3. The van der Waals surface area contributed by atoms with Gasteiger partial charge >= 0.3 is 11.9 Å². The predicted octanol–water partition coefficient (Wildman–Crippen LogP) is 2.23. The molecule has 2 aliphatic rings. The van der Waals surface area contributed by atoms with E-state index in [4.69, 9.17) is 28.4 Å². The van der Waals surface area contributed by atoms with E-state index in [0.717, 1.165) is 5.56 Å². The summed E-state index contributed by atoms with van der Waals surface area (Å²) < 4.78 is 34.0. The molecule has 2 aliphatic heterocycles. The molecule has 0 saturated carbocycles. The number of aromatic hydroxyl groups is 2. The number of ether oxygens (including phenoxy) is 6. The Morgan fingerprint density at radius 1 is 1.00 bits per heavy atom. The van der Waals surface area contributed by atoms with Gasteiger partial charge in [0.2, 0.25) is 17.8 Å². The molecule has 15 nitrogen and oxygen atoms in total. The Hall–Kier alpha value is -4.96. The van der Waals surface area contributed by atoms with Crippen LogP contribution in [-0.4, -0.2) is 107 Å². The molecule has 1 fully saturated rings. The number of nitrogens with one attached hydrogen (secondary N) is 1. The lowest BCUT2D eigenvalue weighted by atomic mass is 9.81. The molecule has 2 heterocycles. The molecule has 0 amide bonds. The minimum Gasteiger partial charge on any atom is -0.504 e. The number of anilines is 1. The largest absolute Gasteiger partial charge is 0.504 e. The van der Waals surface area contributed by atoms with Gasteiger partial charge in [0.25, 0.3) is 0 Å². The fourth-order valence-electron chi connectivity index (χ4n) is 6.03.